The maximum absolute atomic E-state index is 11.1. The molecule has 16 heavy (non-hydrogen) atoms. The molecule has 0 aliphatic rings. The Kier molecular flexibility index (Phi) is 4.33. The molecule has 84 valence electrons. The highest BCUT2D eigenvalue weighted by molar-refractivity contribution is 6.31. The van der Waals surface area contributed by atoms with E-state index < -0.39 is 0 Å². The van der Waals surface area contributed by atoms with Gasteiger partial charge in [-0.2, -0.15) is 5.26 Å². The molecular weight excluding hydrogens is 226 g/mol. The summed E-state index contributed by atoms with van der Waals surface area (Å²) in [4.78, 5) is 11.1. The predicted molar refractivity (Wildman–Crippen MR) is 61.3 cm³/mol. The molecule has 0 heterocycles. The van der Waals surface area contributed by atoms with Gasteiger partial charge in [0.05, 0.1) is 24.1 Å². The lowest BCUT2D eigenvalue weighted by Crippen LogP contribution is -2.05. The van der Waals surface area contributed by atoms with Gasteiger partial charge in [0.25, 0.3) is 0 Å². The summed E-state index contributed by atoms with van der Waals surface area (Å²) in [5.74, 6) is -0.317. The van der Waals surface area contributed by atoms with Crippen LogP contribution < -0.4 is 0 Å². The molecule has 0 fully saturated rings. The molecule has 0 aliphatic heterocycles. The largest absolute Gasteiger partial charge is 0.469 e. The van der Waals surface area contributed by atoms with Crippen molar-refractivity contribution in [2.24, 2.45) is 0 Å². The standard InChI is InChI=1S/C12H12ClNO2/c1-3-9-4-8(6-12(15)16-2)5-11(13)10(9)7-14/h4-5H,3,6H2,1-2H3. The molecule has 0 bridgehead atoms. The first-order valence-electron chi connectivity index (χ1n) is 4.90. The quantitative estimate of drug-likeness (QED) is 0.759. The Labute approximate surface area is 99.6 Å². The van der Waals surface area contributed by atoms with E-state index in [9.17, 15) is 4.79 Å². The predicted octanol–water partition coefficient (Wildman–Crippen LogP) is 2.49. The molecule has 1 rings (SSSR count). The van der Waals surface area contributed by atoms with Crippen LogP contribution in [0.2, 0.25) is 5.02 Å². The van der Waals surface area contributed by atoms with Crippen molar-refractivity contribution in [2.75, 3.05) is 7.11 Å². The first-order chi connectivity index (χ1) is 7.62. The average molecular weight is 238 g/mol. The molecular formula is C12H12ClNO2. The van der Waals surface area contributed by atoms with Gasteiger partial charge in [-0.25, -0.2) is 0 Å². The third-order valence-electron chi connectivity index (χ3n) is 2.30. The number of hydrogen-bond donors (Lipinski definition) is 0. The van der Waals surface area contributed by atoms with Crippen molar-refractivity contribution in [1.29, 1.82) is 5.26 Å². The maximum atomic E-state index is 11.1. The van der Waals surface area contributed by atoms with E-state index in [2.05, 4.69) is 10.8 Å². The monoisotopic (exact) mass is 237 g/mol. The van der Waals surface area contributed by atoms with E-state index >= 15 is 0 Å². The number of nitrogens with zero attached hydrogens (tertiary/aromatic N) is 1. The summed E-state index contributed by atoms with van der Waals surface area (Å²) < 4.78 is 4.58. The molecule has 0 saturated heterocycles. The molecule has 0 radical (unpaired) electrons. The molecule has 3 nitrogen and oxygen atoms in total. The van der Waals surface area contributed by atoms with Crippen LogP contribution in [0, 0.1) is 11.3 Å². The second-order valence-electron chi connectivity index (χ2n) is 3.33. The van der Waals surface area contributed by atoms with Gasteiger partial charge < -0.3 is 4.74 Å². The summed E-state index contributed by atoms with van der Waals surface area (Å²) in [6, 6.07) is 5.52. The summed E-state index contributed by atoms with van der Waals surface area (Å²) in [5, 5.41) is 9.31. The van der Waals surface area contributed by atoms with Crippen LogP contribution in [0.1, 0.15) is 23.6 Å². The molecule has 1 aromatic carbocycles. The van der Waals surface area contributed by atoms with Crippen LogP contribution in [-0.4, -0.2) is 13.1 Å². The molecule has 0 spiro atoms. The van der Waals surface area contributed by atoms with Gasteiger partial charge >= 0.3 is 5.97 Å². The molecule has 0 amide bonds. The van der Waals surface area contributed by atoms with Crippen LogP contribution in [0.15, 0.2) is 12.1 Å². The lowest BCUT2D eigenvalue weighted by Gasteiger charge is -2.07. The Morgan fingerprint density at radius 3 is 2.75 bits per heavy atom. The van der Waals surface area contributed by atoms with Crippen LogP contribution >= 0.6 is 11.6 Å². The first-order valence-corrected chi connectivity index (χ1v) is 5.28. The van der Waals surface area contributed by atoms with Crippen molar-refractivity contribution in [3.8, 4) is 6.07 Å². The van der Waals surface area contributed by atoms with Gasteiger partial charge in [0, 0.05) is 0 Å². The van der Waals surface area contributed by atoms with Crippen molar-refractivity contribution >= 4 is 17.6 Å². The fraction of sp³-hybridized carbons (Fsp3) is 0.333. The fourth-order valence-electron chi connectivity index (χ4n) is 1.47. The number of methoxy groups -OCH3 is 1. The van der Waals surface area contributed by atoms with Crippen LogP contribution in [0.25, 0.3) is 0 Å². The molecule has 1 aromatic rings. The van der Waals surface area contributed by atoms with Gasteiger partial charge in [0.1, 0.15) is 6.07 Å². The smallest absolute Gasteiger partial charge is 0.309 e. The van der Waals surface area contributed by atoms with Gasteiger partial charge in [-0.05, 0) is 23.6 Å². The highest BCUT2D eigenvalue weighted by Gasteiger charge is 2.10. The second-order valence-corrected chi connectivity index (χ2v) is 3.74. The van der Waals surface area contributed by atoms with Crippen LogP contribution in [-0.2, 0) is 22.4 Å². The van der Waals surface area contributed by atoms with E-state index in [-0.39, 0.29) is 12.4 Å². The number of rotatable bonds is 3. The van der Waals surface area contributed by atoms with Crippen LogP contribution in [0.5, 0.6) is 0 Å². The average Bonchev–Trinajstić information content (AvgIpc) is 2.28. The normalized spacial score (nSPS) is 9.62. The summed E-state index contributed by atoms with van der Waals surface area (Å²) in [6.07, 6.45) is 0.882. The first kappa shape index (κ1) is 12.5. The summed E-state index contributed by atoms with van der Waals surface area (Å²) in [6.45, 7) is 1.94. The number of carbonyl (C=O) groups excluding carboxylic acids is 1. The van der Waals surface area contributed by atoms with E-state index in [1.807, 2.05) is 13.0 Å². The molecule has 0 aromatic heterocycles. The summed E-state index contributed by atoms with van der Waals surface area (Å²) in [7, 11) is 1.34. The lowest BCUT2D eigenvalue weighted by molar-refractivity contribution is -0.139. The van der Waals surface area contributed by atoms with Gasteiger partial charge in [-0.15, -0.1) is 0 Å². The molecule has 4 heteroatoms. The number of ether oxygens (including phenoxy) is 1. The van der Waals surface area contributed by atoms with E-state index in [1.165, 1.54) is 7.11 Å². The molecule has 0 aliphatic carbocycles. The zero-order valence-corrected chi connectivity index (χ0v) is 9.97. The number of benzene rings is 1. The third kappa shape index (κ3) is 2.74. The summed E-state index contributed by atoms with van der Waals surface area (Å²) >= 11 is 5.97. The van der Waals surface area contributed by atoms with Gasteiger partial charge in [0.2, 0.25) is 0 Å². The number of carbonyl (C=O) groups is 1. The molecule has 0 saturated carbocycles. The number of nitriles is 1. The zero-order valence-electron chi connectivity index (χ0n) is 9.21. The minimum Gasteiger partial charge on any atom is -0.469 e. The number of halogens is 1. The van der Waals surface area contributed by atoms with Crippen LogP contribution in [0.3, 0.4) is 0 Å². The maximum Gasteiger partial charge on any atom is 0.309 e. The van der Waals surface area contributed by atoms with E-state index in [1.54, 1.807) is 6.07 Å². The number of aryl methyl sites for hydroxylation is 1. The third-order valence-corrected chi connectivity index (χ3v) is 2.60. The Balaban J connectivity index is 3.11. The van der Waals surface area contributed by atoms with Crippen LogP contribution in [0.4, 0.5) is 0 Å². The number of esters is 1. The summed E-state index contributed by atoms with van der Waals surface area (Å²) in [5.41, 5.74) is 2.11. The Morgan fingerprint density at radius 2 is 2.25 bits per heavy atom. The van der Waals surface area contributed by atoms with Gasteiger partial charge in [0.15, 0.2) is 0 Å². The Morgan fingerprint density at radius 1 is 1.56 bits per heavy atom. The molecule has 0 N–H and O–H groups in total. The second kappa shape index (κ2) is 5.53. The topological polar surface area (TPSA) is 50.1 Å². The van der Waals surface area contributed by atoms with Crippen molar-refractivity contribution < 1.29 is 9.53 Å². The molecule has 0 unspecified atom stereocenters. The lowest BCUT2D eigenvalue weighted by atomic mass is 10.0. The molecule has 0 atom stereocenters. The Bertz CT molecular complexity index is 449. The van der Waals surface area contributed by atoms with Crippen molar-refractivity contribution in [1.82, 2.24) is 0 Å². The SMILES string of the molecule is CCc1cc(CC(=O)OC)cc(Cl)c1C#N. The van der Waals surface area contributed by atoms with Crippen molar-refractivity contribution in [3.05, 3.63) is 33.8 Å². The number of hydrogen-bond acceptors (Lipinski definition) is 3. The highest BCUT2D eigenvalue weighted by Crippen LogP contribution is 2.22. The van der Waals surface area contributed by atoms with E-state index in [4.69, 9.17) is 16.9 Å². The minimum atomic E-state index is -0.317. The van der Waals surface area contributed by atoms with E-state index in [0.717, 1.165) is 11.1 Å². The highest BCUT2D eigenvalue weighted by atomic mass is 35.5. The van der Waals surface area contributed by atoms with Crippen molar-refractivity contribution in [3.63, 3.8) is 0 Å². The zero-order chi connectivity index (χ0) is 12.1. The minimum absolute atomic E-state index is 0.176. The van der Waals surface area contributed by atoms with Gasteiger partial charge in [-0.1, -0.05) is 24.6 Å². The fourth-order valence-corrected chi connectivity index (χ4v) is 1.77. The van der Waals surface area contributed by atoms with E-state index in [0.29, 0.717) is 17.0 Å². The Hall–Kier alpha value is -1.53. The van der Waals surface area contributed by atoms with Crippen molar-refractivity contribution in [2.45, 2.75) is 19.8 Å². The van der Waals surface area contributed by atoms with Gasteiger partial charge in [-0.3, -0.25) is 4.79 Å².